The summed E-state index contributed by atoms with van der Waals surface area (Å²) in [6.45, 7) is 8.27. The molecular formula is C25H30N4O3. The van der Waals surface area contributed by atoms with Gasteiger partial charge in [-0.3, -0.25) is 9.69 Å². The number of hydrogen-bond acceptors (Lipinski definition) is 6. The lowest BCUT2D eigenvalue weighted by atomic mass is 9.96. The fourth-order valence-electron chi connectivity index (χ4n) is 3.82. The molecule has 4 rings (SSSR count). The highest BCUT2D eigenvalue weighted by atomic mass is 16.5. The minimum atomic E-state index is 0.00338. The topological polar surface area (TPSA) is 80.5 Å². The minimum absolute atomic E-state index is 0.00338. The number of carbonyl (C=O) groups is 1. The van der Waals surface area contributed by atoms with E-state index in [1.807, 2.05) is 69.3 Å². The van der Waals surface area contributed by atoms with Gasteiger partial charge in [-0.2, -0.15) is 4.98 Å². The Balaban J connectivity index is 1.25. The molecular weight excluding hydrogens is 404 g/mol. The van der Waals surface area contributed by atoms with Crippen molar-refractivity contribution in [3.05, 3.63) is 60.0 Å². The van der Waals surface area contributed by atoms with E-state index in [-0.39, 0.29) is 17.9 Å². The fourth-order valence-corrected chi connectivity index (χ4v) is 3.82. The Morgan fingerprint density at radius 2 is 1.81 bits per heavy atom. The summed E-state index contributed by atoms with van der Waals surface area (Å²) in [5.41, 5.74) is 2.94. The lowest BCUT2D eigenvalue weighted by Crippen LogP contribution is -2.37. The first kappa shape index (κ1) is 22.0. The van der Waals surface area contributed by atoms with E-state index in [9.17, 15) is 4.79 Å². The average molecular weight is 435 g/mol. The Bertz CT molecular complexity index is 1020. The molecule has 3 aromatic rings. The molecule has 0 saturated carbocycles. The van der Waals surface area contributed by atoms with Crippen molar-refractivity contribution in [1.82, 2.24) is 15.0 Å². The van der Waals surface area contributed by atoms with E-state index in [1.54, 1.807) is 0 Å². The van der Waals surface area contributed by atoms with Gasteiger partial charge in [-0.25, -0.2) is 0 Å². The maximum atomic E-state index is 12.7. The predicted octanol–water partition coefficient (Wildman–Crippen LogP) is 4.68. The second kappa shape index (κ2) is 9.96. The first-order valence-electron chi connectivity index (χ1n) is 11.2. The third kappa shape index (κ3) is 5.73. The molecule has 1 aromatic heterocycles. The Labute approximate surface area is 188 Å². The molecule has 2 heterocycles. The van der Waals surface area contributed by atoms with Crippen molar-refractivity contribution >= 4 is 11.6 Å². The van der Waals surface area contributed by atoms with E-state index in [1.165, 1.54) is 5.56 Å². The summed E-state index contributed by atoms with van der Waals surface area (Å²) < 4.78 is 11.1. The van der Waals surface area contributed by atoms with Crippen LogP contribution in [0.5, 0.6) is 5.75 Å². The van der Waals surface area contributed by atoms with Gasteiger partial charge in [0, 0.05) is 17.2 Å². The molecule has 7 nitrogen and oxygen atoms in total. The number of hydrogen-bond donors (Lipinski definition) is 1. The summed E-state index contributed by atoms with van der Waals surface area (Å²) in [5.74, 6) is 2.09. The van der Waals surface area contributed by atoms with Gasteiger partial charge in [-0.15, -0.1) is 0 Å². The lowest BCUT2D eigenvalue weighted by molar-refractivity contribution is -0.121. The Hall–Kier alpha value is -3.19. The van der Waals surface area contributed by atoms with Crippen molar-refractivity contribution in [3.63, 3.8) is 0 Å². The van der Waals surface area contributed by atoms with Crippen LogP contribution in [-0.4, -0.2) is 40.1 Å². The van der Waals surface area contributed by atoms with Crippen LogP contribution < -0.4 is 10.1 Å². The summed E-state index contributed by atoms with van der Waals surface area (Å²) >= 11 is 0. The number of ether oxygens (including phenoxy) is 1. The molecule has 1 N–H and O–H groups in total. The van der Waals surface area contributed by atoms with E-state index in [4.69, 9.17) is 9.26 Å². The van der Waals surface area contributed by atoms with E-state index >= 15 is 0 Å². The van der Waals surface area contributed by atoms with Crippen LogP contribution >= 0.6 is 0 Å². The van der Waals surface area contributed by atoms with Gasteiger partial charge in [-0.05, 0) is 71.0 Å². The monoisotopic (exact) mass is 434 g/mol. The zero-order chi connectivity index (χ0) is 22.5. The van der Waals surface area contributed by atoms with Gasteiger partial charge >= 0.3 is 0 Å². The Kier molecular flexibility index (Phi) is 6.85. The number of benzene rings is 2. The van der Waals surface area contributed by atoms with Gasteiger partial charge in [0.2, 0.25) is 17.6 Å². The van der Waals surface area contributed by atoms with Gasteiger partial charge in [0.05, 0.1) is 12.6 Å². The molecule has 1 fully saturated rings. The van der Waals surface area contributed by atoms with Crippen LogP contribution in [-0.2, 0) is 11.3 Å². The van der Waals surface area contributed by atoms with E-state index in [0.29, 0.717) is 18.3 Å². The van der Waals surface area contributed by atoms with Crippen molar-refractivity contribution in [2.75, 3.05) is 18.4 Å². The Morgan fingerprint density at radius 3 is 2.47 bits per heavy atom. The summed E-state index contributed by atoms with van der Waals surface area (Å²) in [6.07, 6.45) is 1.74. The molecule has 0 unspecified atom stereocenters. The van der Waals surface area contributed by atoms with Crippen LogP contribution in [0.3, 0.4) is 0 Å². The summed E-state index contributed by atoms with van der Waals surface area (Å²) in [5, 5.41) is 7.14. The van der Waals surface area contributed by atoms with Crippen LogP contribution in [0.25, 0.3) is 11.4 Å². The van der Waals surface area contributed by atoms with E-state index in [2.05, 4.69) is 20.4 Å². The molecule has 168 valence electrons. The lowest BCUT2D eigenvalue weighted by Gasteiger charge is -2.30. The van der Waals surface area contributed by atoms with Gasteiger partial charge in [0.25, 0.3) is 0 Å². The first-order valence-corrected chi connectivity index (χ1v) is 11.2. The predicted molar refractivity (Wildman–Crippen MR) is 123 cm³/mol. The average Bonchev–Trinajstić information content (AvgIpc) is 3.24. The number of likely N-dealkylation sites (tertiary alicyclic amines) is 1. The normalized spacial score (nSPS) is 15.1. The molecule has 0 spiro atoms. The third-order valence-electron chi connectivity index (χ3n) is 5.59. The number of carbonyl (C=O) groups excluding carboxylic acids is 1. The maximum absolute atomic E-state index is 12.7. The molecule has 7 heteroatoms. The molecule has 0 bridgehead atoms. The maximum Gasteiger partial charge on any atom is 0.241 e. The molecule has 1 amide bonds. The van der Waals surface area contributed by atoms with Crippen molar-refractivity contribution in [2.45, 2.75) is 46.3 Å². The first-order chi connectivity index (χ1) is 15.5. The van der Waals surface area contributed by atoms with Crippen molar-refractivity contribution in [1.29, 1.82) is 0 Å². The van der Waals surface area contributed by atoms with Gasteiger partial charge in [-0.1, -0.05) is 35.0 Å². The summed E-state index contributed by atoms with van der Waals surface area (Å²) in [7, 11) is 0. The number of piperidine rings is 1. The summed E-state index contributed by atoms with van der Waals surface area (Å²) in [4.78, 5) is 19.5. The van der Waals surface area contributed by atoms with Crippen molar-refractivity contribution in [2.24, 2.45) is 5.92 Å². The fraction of sp³-hybridized carbons (Fsp3) is 0.400. The third-order valence-corrected chi connectivity index (χ3v) is 5.59. The van der Waals surface area contributed by atoms with E-state index < -0.39 is 0 Å². The van der Waals surface area contributed by atoms with Crippen LogP contribution in [0.15, 0.2) is 53.1 Å². The van der Waals surface area contributed by atoms with Crippen LogP contribution in [0, 0.1) is 12.8 Å². The molecule has 2 aromatic carbocycles. The number of nitrogens with one attached hydrogen (secondary N) is 1. The molecule has 32 heavy (non-hydrogen) atoms. The van der Waals surface area contributed by atoms with E-state index in [0.717, 1.165) is 42.9 Å². The molecule has 0 aliphatic carbocycles. The molecule has 1 aliphatic heterocycles. The number of aromatic nitrogens is 2. The number of nitrogens with zero attached hydrogens (tertiary/aromatic N) is 3. The zero-order valence-corrected chi connectivity index (χ0v) is 18.9. The Morgan fingerprint density at radius 1 is 1.12 bits per heavy atom. The van der Waals surface area contributed by atoms with Crippen molar-refractivity contribution < 1.29 is 14.1 Å². The molecule has 0 radical (unpaired) electrons. The molecule has 1 aliphatic rings. The molecule has 1 saturated heterocycles. The van der Waals surface area contributed by atoms with Gasteiger partial charge in [0.1, 0.15) is 5.75 Å². The highest BCUT2D eigenvalue weighted by Crippen LogP contribution is 2.23. The second-order valence-corrected chi connectivity index (χ2v) is 8.61. The number of aryl methyl sites for hydroxylation is 1. The largest absolute Gasteiger partial charge is 0.491 e. The SMILES string of the molecule is Cc1ccc(-c2noc(CN3CCC(C(=O)Nc4ccc(OC(C)C)cc4)CC3)n2)cc1. The van der Waals surface area contributed by atoms with Gasteiger partial charge in [0.15, 0.2) is 0 Å². The number of amides is 1. The number of rotatable bonds is 7. The van der Waals surface area contributed by atoms with Crippen LogP contribution in [0.2, 0.25) is 0 Å². The highest BCUT2D eigenvalue weighted by molar-refractivity contribution is 5.92. The minimum Gasteiger partial charge on any atom is -0.491 e. The smallest absolute Gasteiger partial charge is 0.241 e. The standard InChI is InChI=1S/C25H30N4O3/c1-17(2)31-22-10-8-21(9-11-22)26-25(30)20-12-14-29(15-13-20)16-23-27-24(28-32-23)19-6-4-18(3)5-7-19/h4-11,17,20H,12-16H2,1-3H3,(H,26,30). The summed E-state index contributed by atoms with van der Waals surface area (Å²) in [6, 6.07) is 15.6. The van der Waals surface area contributed by atoms with Gasteiger partial charge < -0.3 is 14.6 Å². The highest BCUT2D eigenvalue weighted by Gasteiger charge is 2.26. The van der Waals surface area contributed by atoms with Crippen LogP contribution in [0.4, 0.5) is 5.69 Å². The number of anilines is 1. The second-order valence-electron chi connectivity index (χ2n) is 8.61. The zero-order valence-electron chi connectivity index (χ0n) is 18.9. The van der Waals surface area contributed by atoms with Crippen molar-refractivity contribution in [3.8, 4) is 17.1 Å². The molecule has 0 atom stereocenters. The van der Waals surface area contributed by atoms with Crippen LogP contribution in [0.1, 0.15) is 38.1 Å². The quantitative estimate of drug-likeness (QED) is 0.581.